The minimum atomic E-state index is -0.821. The number of allylic oxidation sites excluding steroid dienone is 1. The lowest BCUT2D eigenvalue weighted by atomic mass is 9.92. The second kappa shape index (κ2) is 16.9. The molecule has 12 heteroatoms. The van der Waals surface area contributed by atoms with Crippen molar-refractivity contribution in [2.24, 2.45) is 5.92 Å². The highest BCUT2D eigenvalue weighted by molar-refractivity contribution is 5.89. The fourth-order valence-electron chi connectivity index (χ4n) is 3.93. The largest absolute Gasteiger partial charge is 0.453 e. The molecule has 232 valence electrons. The summed E-state index contributed by atoms with van der Waals surface area (Å²) in [6, 6.07) is 0. The van der Waals surface area contributed by atoms with E-state index in [0.29, 0.717) is 12.8 Å². The van der Waals surface area contributed by atoms with Gasteiger partial charge in [-0.2, -0.15) is 0 Å². The van der Waals surface area contributed by atoms with E-state index in [-0.39, 0.29) is 17.1 Å². The first-order valence-corrected chi connectivity index (χ1v) is 13.3. The topological polar surface area (TPSA) is 158 Å². The van der Waals surface area contributed by atoms with Crippen LogP contribution in [0.4, 0.5) is 0 Å². The van der Waals surface area contributed by atoms with Crippen molar-refractivity contribution in [1.82, 2.24) is 0 Å². The zero-order chi connectivity index (χ0) is 31.9. The van der Waals surface area contributed by atoms with Gasteiger partial charge in [-0.25, -0.2) is 28.8 Å². The third-order valence-corrected chi connectivity index (χ3v) is 6.35. The first-order valence-electron chi connectivity index (χ1n) is 13.3. The molecule has 2 rings (SSSR count). The van der Waals surface area contributed by atoms with Gasteiger partial charge in [0.2, 0.25) is 0 Å². The van der Waals surface area contributed by atoms with Crippen LogP contribution >= 0.6 is 0 Å². The first kappa shape index (κ1) is 35.8. The highest BCUT2D eigenvalue weighted by Gasteiger charge is 2.41. The maximum Gasteiger partial charge on any atom is 0.345 e. The number of hydrogen-bond donors (Lipinski definition) is 0. The van der Waals surface area contributed by atoms with Crippen LogP contribution in [0.15, 0.2) is 49.1 Å². The van der Waals surface area contributed by atoms with Gasteiger partial charge in [-0.1, -0.05) is 32.7 Å². The van der Waals surface area contributed by atoms with Crippen LogP contribution in [-0.4, -0.2) is 73.4 Å². The molecule has 0 bridgehead atoms. The Morgan fingerprint density at radius 2 is 1.26 bits per heavy atom. The maximum absolute atomic E-state index is 11.8. The van der Waals surface area contributed by atoms with Crippen molar-refractivity contribution in [3.05, 3.63) is 49.1 Å². The molecule has 1 saturated carbocycles. The summed E-state index contributed by atoms with van der Waals surface area (Å²) in [5, 5.41) is 0. The predicted molar refractivity (Wildman–Crippen MR) is 148 cm³/mol. The van der Waals surface area contributed by atoms with Crippen LogP contribution in [0.2, 0.25) is 0 Å². The molecule has 42 heavy (non-hydrogen) atoms. The number of carbonyl (C=O) groups is 6. The molecule has 0 N–H and O–H groups in total. The summed E-state index contributed by atoms with van der Waals surface area (Å²) < 4.78 is 29.1. The average Bonchev–Trinajstić information content (AvgIpc) is 3.52. The van der Waals surface area contributed by atoms with Crippen molar-refractivity contribution < 1.29 is 57.2 Å². The van der Waals surface area contributed by atoms with Crippen molar-refractivity contribution in [2.45, 2.75) is 71.0 Å². The van der Waals surface area contributed by atoms with Gasteiger partial charge in [-0.15, -0.1) is 0 Å². The van der Waals surface area contributed by atoms with Crippen LogP contribution in [0.25, 0.3) is 0 Å². The van der Waals surface area contributed by atoms with E-state index in [1.54, 1.807) is 19.1 Å². The van der Waals surface area contributed by atoms with E-state index in [4.69, 9.17) is 14.2 Å². The molecule has 0 spiro atoms. The molecule has 0 saturated heterocycles. The Morgan fingerprint density at radius 1 is 0.786 bits per heavy atom. The lowest BCUT2D eigenvalue weighted by Gasteiger charge is -2.30. The fraction of sp³-hybridized carbons (Fsp3) is 0.533. The number of esters is 6. The number of ether oxygens (including phenoxy) is 6. The SMILES string of the molecule is C=C(C)C(=O)OCC(=O)OCC(=O)OC1(C)C=CCC1.C=CC1(OC(=O)COC(=O)COC(=O)C(=C)C)CCCC1C. The van der Waals surface area contributed by atoms with Crippen LogP contribution in [0.1, 0.15) is 59.8 Å². The minimum Gasteiger partial charge on any atom is -0.453 e. The van der Waals surface area contributed by atoms with Crippen LogP contribution in [-0.2, 0) is 57.2 Å². The van der Waals surface area contributed by atoms with Gasteiger partial charge in [0.05, 0.1) is 0 Å². The molecule has 0 radical (unpaired) electrons. The zero-order valence-electron chi connectivity index (χ0n) is 24.7. The van der Waals surface area contributed by atoms with Gasteiger partial charge in [0, 0.05) is 11.1 Å². The maximum atomic E-state index is 11.8. The van der Waals surface area contributed by atoms with Gasteiger partial charge < -0.3 is 28.4 Å². The molecule has 1 fully saturated rings. The molecule has 0 aromatic heterocycles. The first-order chi connectivity index (χ1) is 19.6. The molecule has 12 nitrogen and oxygen atoms in total. The second-order valence-electron chi connectivity index (χ2n) is 10.2. The number of rotatable bonds is 13. The third kappa shape index (κ3) is 12.5. The monoisotopic (exact) mass is 592 g/mol. The predicted octanol–water partition coefficient (Wildman–Crippen LogP) is 3.24. The molecule has 0 aromatic carbocycles. The molecular formula is C30H40O12. The Bertz CT molecular complexity index is 1100. The van der Waals surface area contributed by atoms with E-state index in [1.165, 1.54) is 13.8 Å². The molecule has 0 aliphatic heterocycles. The smallest absolute Gasteiger partial charge is 0.345 e. The van der Waals surface area contributed by atoms with Crippen molar-refractivity contribution in [3.8, 4) is 0 Å². The van der Waals surface area contributed by atoms with Crippen molar-refractivity contribution in [2.75, 3.05) is 26.4 Å². The lowest BCUT2D eigenvalue weighted by molar-refractivity contribution is -0.171. The Morgan fingerprint density at radius 3 is 1.64 bits per heavy atom. The third-order valence-electron chi connectivity index (χ3n) is 6.35. The van der Waals surface area contributed by atoms with E-state index >= 15 is 0 Å². The lowest BCUT2D eigenvalue weighted by Crippen LogP contribution is -2.37. The molecule has 3 unspecified atom stereocenters. The van der Waals surface area contributed by atoms with Crippen molar-refractivity contribution >= 4 is 35.8 Å². The quantitative estimate of drug-likeness (QED) is 0.133. The highest BCUT2D eigenvalue weighted by atomic mass is 16.6. The summed E-state index contributed by atoms with van der Waals surface area (Å²) in [6.45, 7) is 15.0. The van der Waals surface area contributed by atoms with E-state index in [9.17, 15) is 28.8 Å². The number of hydrogen-bond acceptors (Lipinski definition) is 12. The summed E-state index contributed by atoms with van der Waals surface area (Å²) in [4.78, 5) is 68.0. The summed E-state index contributed by atoms with van der Waals surface area (Å²) in [6.07, 6.45) is 9.56. The van der Waals surface area contributed by atoms with Gasteiger partial charge in [-0.05, 0) is 70.9 Å². The fourth-order valence-corrected chi connectivity index (χ4v) is 3.93. The minimum absolute atomic E-state index is 0.176. The molecule has 0 heterocycles. The van der Waals surface area contributed by atoms with Gasteiger partial charge in [0.1, 0.15) is 11.2 Å². The summed E-state index contributed by atoms with van der Waals surface area (Å²) in [5.41, 5.74) is -0.959. The second-order valence-corrected chi connectivity index (χ2v) is 10.2. The molecule has 0 aromatic rings. The summed E-state index contributed by atoms with van der Waals surface area (Å²) in [5.74, 6) is -4.12. The average molecular weight is 593 g/mol. The Kier molecular flexibility index (Phi) is 14.4. The van der Waals surface area contributed by atoms with Crippen molar-refractivity contribution in [3.63, 3.8) is 0 Å². The van der Waals surface area contributed by atoms with Crippen molar-refractivity contribution in [1.29, 1.82) is 0 Å². The Labute approximate surface area is 245 Å². The molecule has 2 aliphatic rings. The normalized spacial score (nSPS) is 22.0. The van der Waals surface area contributed by atoms with Gasteiger partial charge in [-0.3, -0.25) is 0 Å². The van der Waals surface area contributed by atoms with Crippen LogP contribution < -0.4 is 0 Å². The van der Waals surface area contributed by atoms with E-state index in [0.717, 1.165) is 19.3 Å². The summed E-state index contributed by atoms with van der Waals surface area (Å²) in [7, 11) is 0. The van der Waals surface area contributed by atoms with Crippen LogP contribution in [0.3, 0.4) is 0 Å². The van der Waals surface area contributed by atoms with Crippen LogP contribution in [0, 0.1) is 5.92 Å². The number of carbonyl (C=O) groups excluding carboxylic acids is 6. The van der Waals surface area contributed by atoms with Crippen LogP contribution in [0.5, 0.6) is 0 Å². The zero-order valence-corrected chi connectivity index (χ0v) is 24.7. The highest BCUT2D eigenvalue weighted by Crippen LogP contribution is 2.39. The van der Waals surface area contributed by atoms with Gasteiger partial charge in [0.25, 0.3) is 0 Å². The molecule has 2 aliphatic carbocycles. The van der Waals surface area contributed by atoms with Gasteiger partial charge in [0.15, 0.2) is 26.4 Å². The summed E-state index contributed by atoms with van der Waals surface area (Å²) >= 11 is 0. The van der Waals surface area contributed by atoms with Gasteiger partial charge >= 0.3 is 35.8 Å². The molecule has 0 amide bonds. The van der Waals surface area contributed by atoms with E-state index < -0.39 is 73.4 Å². The van der Waals surface area contributed by atoms with E-state index in [1.807, 2.05) is 13.0 Å². The Balaban J connectivity index is 0.000000422. The molecular weight excluding hydrogens is 552 g/mol. The van der Waals surface area contributed by atoms with E-state index in [2.05, 4.69) is 33.9 Å². The standard InChI is InChI=1S/C16H22O6.C14H18O6/c1-5-16(8-6-7-12(16)4)22-14(18)10-20-13(17)9-21-15(19)11(2)3;1-10(2)13(17)19-8-11(15)18-9-12(16)20-14(3)6-4-5-7-14/h5,12H,1-2,6-10H2,3-4H3;4,6H,1,5,7-9H2,2-3H3. The Hall–Kier alpha value is -4.22. The molecule has 3 atom stereocenters.